The highest BCUT2D eigenvalue weighted by molar-refractivity contribution is 9.10. The van der Waals surface area contributed by atoms with E-state index in [1.54, 1.807) is 18.4 Å². The monoisotopic (exact) mass is 367 g/mol. The van der Waals surface area contributed by atoms with E-state index in [4.69, 9.17) is 0 Å². The fraction of sp³-hybridized carbons (Fsp3) is 0.200. The lowest BCUT2D eigenvalue weighted by molar-refractivity contribution is -0.115. The number of anilines is 1. The minimum atomic E-state index is -0.0826. The molecule has 0 bridgehead atoms. The van der Waals surface area contributed by atoms with Crippen LogP contribution < -0.4 is 10.6 Å². The number of thiazole rings is 1. The SMILES string of the molecule is CNCC(=O)Nc1nc(-c2cc(Br)cs2)cs1.Cl. The van der Waals surface area contributed by atoms with Crippen LogP contribution in [0.15, 0.2) is 21.3 Å². The molecule has 0 fully saturated rings. The van der Waals surface area contributed by atoms with Crippen molar-refractivity contribution in [1.29, 1.82) is 0 Å². The van der Waals surface area contributed by atoms with Crippen molar-refractivity contribution in [3.05, 3.63) is 21.3 Å². The number of carbonyl (C=O) groups excluding carboxylic acids is 1. The second kappa shape index (κ2) is 7.20. The number of nitrogens with zero attached hydrogens (tertiary/aromatic N) is 1. The van der Waals surface area contributed by atoms with Crippen LogP contribution in [-0.2, 0) is 4.79 Å². The Morgan fingerprint density at radius 1 is 1.44 bits per heavy atom. The lowest BCUT2D eigenvalue weighted by Gasteiger charge is -1.98. The van der Waals surface area contributed by atoms with Gasteiger partial charge < -0.3 is 10.6 Å². The van der Waals surface area contributed by atoms with E-state index in [-0.39, 0.29) is 18.3 Å². The first-order valence-electron chi connectivity index (χ1n) is 4.83. The molecule has 8 heteroatoms. The van der Waals surface area contributed by atoms with Gasteiger partial charge in [-0.2, -0.15) is 0 Å². The molecule has 2 N–H and O–H groups in total. The molecule has 0 aliphatic heterocycles. The fourth-order valence-corrected chi connectivity index (χ4v) is 3.41. The Kier molecular flexibility index (Phi) is 6.24. The molecule has 2 rings (SSSR count). The zero-order valence-electron chi connectivity index (χ0n) is 9.40. The van der Waals surface area contributed by atoms with Gasteiger partial charge in [0.1, 0.15) is 0 Å². The second-order valence-electron chi connectivity index (χ2n) is 3.25. The Balaban J connectivity index is 0.00000162. The van der Waals surface area contributed by atoms with Crippen LogP contribution in [-0.4, -0.2) is 24.5 Å². The molecule has 0 radical (unpaired) electrons. The van der Waals surface area contributed by atoms with E-state index in [0.717, 1.165) is 15.0 Å². The third-order valence-electron chi connectivity index (χ3n) is 1.91. The molecule has 2 heterocycles. The number of aromatic nitrogens is 1. The number of hydrogen-bond donors (Lipinski definition) is 2. The summed E-state index contributed by atoms with van der Waals surface area (Å²) in [6.45, 7) is 0.291. The number of hydrogen-bond acceptors (Lipinski definition) is 5. The van der Waals surface area contributed by atoms with Crippen LogP contribution in [0.1, 0.15) is 0 Å². The van der Waals surface area contributed by atoms with E-state index < -0.39 is 0 Å². The molecule has 18 heavy (non-hydrogen) atoms. The molecule has 98 valence electrons. The van der Waals surface area contributed by atoms with Crippen molar-refractivity contribution in [3.63, 3.8) is 0 Å². The summed E-state index contributed by atoms with van der Waals surface area (Å²) in [5.41, 5.74) is 0.894. The maximum atomic E-state index is 11.4. The van der Waals surface area contributed by atoms with Gasteiger partial charge >= 0.3 is 0 Å². The maximum absolute atomic E-state index is 11.4. The Morgan fingerprint density at radius 2 is 2.22 bits per heavy atom. The summed E-state index contributed by atoms with van der Waals surface area (Å²) in [5.74, 6) is -0.0826. The molecule has 0 aromatic carbocycles. The third-order valence-corrected chi connectivity index (χ3v) is 4.38. The average Bonchev–Trinajstić information content (AvgIpc) is 2.87. The Labute approximate surface area is 127 Å². The molecule has 0 spiro atoms. The predicted molar refractivity (Wildman–Crippen MR) is 82.9 cm³/mol. The van der Waals surface area contributed by atoms with Crippen molar-refractivity contribution in [2.24, 2.45) is 0 Å². The highest BCUT2D eigenvalue weighted by Gasteiger charge is 2.08. The van der Waals surface area contributed by atoms with Gasteiger partial charge in [-0.1, -0.05) is 0 Å². The first-order chi connectivity index (χ1) is 8.19. The van der Waals surface area contributed by atoms with Gasteiger partial charge in [-0.05, 0) is 29.0 Å². The molecule has 0 saturated heterocycles. The van der Waals surface area contributed by atoms with Crippen LogP contribution in [0.25, 0.3) is 10.6 Å². The third kappa shape index (κ3) is 4.03. The summed E-state index contributed by atoms with van der Waals surface area (Å²) >= 11 is 6.45. The van der Waals surface area contributed by atoms with E-state index in [9.17, 15) is 4.79 Å². The van der Waals surface area contributed by atoms with E-state index in [0.29, 0.717) is 11.7 Å². The summed E-state index contributed by atoms with van der Waals surface area (Å²) in [5, 5.41) is 10.1. The summed E-state index contributed by atoms with van der Waals surface area (Å²) < 4.78 is 1.05. The van der Waals surface area contributed by atoms with Crippen LogP contribution in [0.2, 0.25) is 0 Å². The summed E-state index contributed by atoms with van der Waals surface area (Å²) in [7, 11) is 1.73. The topological polar surface area (TPSA) is 54.0 Å². The first kappa shape index (κ1) is 15.6. The van der Waals surface area contributed by atoms with Crippen LogP contribution in [0.3, 0.4) is 0 Å². The van der Waals surface area contributed by atoms with Gasteiger partial charge in [0.05, 0.1) is 17.1 Å². The molecule has 0 saturated carbocycles. The van der Waals surface area contributed by atoms with Crippen molar-refractivity contribution < 1.29 is 4.79 Å². The molecular formula is C10H11BrClN3OS2. The predicted octanol–water partition coefficient (Wildman–Crippen LogP) is 3.21. The highest BCUT2D eigenvalue weighted by atomic mass is 79.9. The molecule has 2 aromatic heterocycles. The normalized spacial score (nSPS) is 9.89. The Hall–Kier alpha value is -0.470. The van der Waals surface area contributed by atoms with Gasteiger partial charge in [0, 0.05) is 15.2 Å². The van der Waals surface area contributed by atoms with Crippen LogP contribution in [0, 0.1) is 0 Å². The van der Waals surface area contributed by atoms with E-state index in [2.05, 4.69) is 31.5 Å². The number of likely N-dealkylation sites (N-methyl/N-ethyl adjacent to an activating group) is 1. The lowest BCUT2D eigenvalue weighted by atomic mass is 10.4. The van der Waals surface area contributed by atoms with Crippen LogP contribution in [0.5, 0.6) is 0 Å². The van der Waals surface area contributed by atoms with Crippen molar-refractivity contribution in [3.8, 4) is 10.6 Å². The first-order valence-corrected chi connectivity index (χ1v) is 7.38. The number of thiophene rings is 1. The van der Waals surface area contributed by atoms with Crippen LogP contribution in [0.4, 0.5) is 5.13 Å². The van der Waals surface area contributed by atoms with Crippen molar-refractivity contribution in [2.75, 3.05) is 18.9 Å². The molecule has 0 unspecified atom stereocenters. The van der Waals surface area contributed by atoms with Gasteiger partial charge in [0.15, 0.2) is 5.13 Å². The number of carbonyl (C=O) groups is 1. The minimum Gasteiger partial charge on any atom is -0.311 e. The van der Waals surface area contributed by atoms with Gasteiger partial charge in [0.25, 0.3) is 0 Å². The second-order valence-corrected chi connectivity index (χ2v) is 5.93. The lowest BCUT2D eigenvalue weighted by Crippen LogP contribution is -2.24. The smallest absolute Gasteiger partial charge is 0.240 e. The fourth-order valence-electron chi connectivity index (χ4n) is 1.22. The molecule has 0 aliphatic carbocycles. The zero-order chi connectivity index (χ0) is 12.3. The summed E-state index contributed by atoms with van der Waals surface area (Å²) in [4.78, 5) is 16.8. The van der Waals surface area contributed by atoms with Crippen molar-refractivity contribution in [1.82, 2.24) is 10.3 Å². The molecule has 4 nitrogen and oxygen atoms in total. The Morgan fingerprint density at radius 3 is 2.83 bits per heavy atom. The van der Waals surface area contributed by atoms with Crippen LogP contribution >= 0.6 is 51.0 Å². The average molecular weight is 369 g/mol. The number of halogens is 2. The summed E-state index contributed by atoms with van der Waals surface area (Å²) in [6.07, 6.45) is 0. The number of rotatable bonds is 4. The number of amides is 1. The summed E-state index contributed by atoms with van der Waals surface area (Å²) in [6, 6.07) is 2.01. The molecule has 0 atom stereocenters. The van der Waals surface area contributed by atoms with Gasteiger partial charge in [-0.25, -0.2) is 4.98 Å². The van der Waals surface area contributed by atoms with Gasteiger partial charge in [-0.3, -0.25) is 4.79 Å². The van der Waals surface area contributed by atoms with Gasteiger partial charge in [-0.15, -0.1) is 35.1 Å². The Bertz CT molecular complexity index is 529. The zero-order valence-corrected chi connectivity index (χ0v) is 13.4. The quantitative estimate of drug-likeness (QED) is 0.871. The molecule has 1 amide bonds. The van der Waals surface area contributed by atoms with E-state index >= 15 is 0 Å². The standard InChI is InChI=1S/C10H10BrN3OS2.ClH/c1-12-3-9(15)14-10-13-7(5-17-10)8-2-6(11)4-16-8;/h2,4-5,12H,3H2,1H3,(H,13,14,15);1H. The largest absolute Gasteiger partial charge is 0.311 e. The number of nitrogens with one attached hydrogen (secondary N) is 2. The van der Waals surface area contributed by atoms with Gasteiger partial charge in [0.2, 0.25) is 5.91 Å². The maximum Gasteiger partial charge on any atom is 0.240 e. The van der Waals surface area contributed by atoms with Crippen molar-refractivity contribution >= 4 is 62.0 Å². The molecule has 0 aliphatic rings. The van der Waals surface area contributed by atoms with Crippen molar-refractivity contribution in [2.45, 2.75) is 0 Å². The molecule has 2 aromatic rings. The highest BCUT2D eigenvalue weighted by Crippen LogP contribution is 2.31. The van der Waals surface area contributed by atoms with E-state index in [1.165, 1.54) is 11.3 Å². The van der Waals surface area contributed by atoms with E-state index in [1.807, 2.05) is 16.8 Å². The minimum absolute atomic E-state index is 0. The molecular weight excluding hydrogens is 358 g/mol.